The second kappa shape index (κ2) is 4.94. The lowest BCUT2D eigenvalue weighted by atomic mass is 9.95. The van der Waals surface area contributed by atoms with Crippen LogP contribution in [0.2, 0.25) is 0 Å². The number of nitrogens with zero attached hydrogens (tertiary/aromatic N) is 1. The molecule has 0 radical (unpaired) electrons. The molecule has 2 nitrogen and oxygen atoms in total. The summed E-state index contributed by atoms with van der Waals surface area (Å²) in [4.78, 5) is 2.60. The van der Waals surface area contributed by atoms with Crippen LogP contribution in [0.25, 0.3) is 0 Å². The summed E-state index contributed by atoms with van der Waals surface area (Å²) in [7, 11) is 0. The van der Waals surface area contributed by atoms with Gasteiger partial charge in [-0.3, -0.25) is 4.90 Å². The van der Waals surface area contributed by atoms with E-state index in [9.17, 15) is 0 Å². The van der Waals surface area contributed by atoms with Crippen LogP contribution in [0.5, 0.6) is 0 Å². The van der Waals surface area contributed by atoms with Crippen molar-refractivity contribution in [3.63, 3.8) is 0 Å². The standard InChI is InChI=1S/C12H21NO/c1-2-7-13(12-9-14-10-12)8-6-11-4-3-5-11/h4,12H,2-3,5-10H2,1H3. The molecule has 0 aromatic carbocycles. The predicted octanol–water partition coefficient (Wildman–Crippen LogP) is 2.21. The van der Waals surface area contributed by atoms with Gasteiger partial charge >= 0.3 is 0 Å². The number of allylic oxidation sites excluding steroid dienone is 1. The Balaban J connectivity index is 1.71. The summed E-state index contributed by atoms with van der Waals surface area (Å²) in [6.07, 6.45) is 7.60. The molecule has 1 saturated heterocycles. The number of hydrogen-bond donors (Lipinski definition) is 0. The number of hydrogen-bond acceptors (Lipinski definition) is 2. The highest BCUT2D eigenvalue weighted by atomic mass is 16.5. The summed E-state index contributed by atoms with van der Waals surface area (Å²) in [6, 6.07) is 0.718. The quantitative estimate of drug-likeness (QED) is 0.602. The van der Waals surface area contributed by atoms with Crippen molar-refractivity contribution in [3.05, 3.63) is 11.6 Å². The van der Waals surface area contributed by atoms with Crippen molar-refractivity contribution in [3.8, 4) is 0 Å². The third-order valence-corrected chi connectivity index (χ3v) is 3.27. The van der Waals surface area contributed by atoms with E-state index in [4.69, 9.17) is 4.74 Å². The molecule has 0 spiro atoms. The van der Waals surface area contributed by atoms with Crippen LogP contribution in [0.4, 0.5) is 0 Å². The molecule has 0 saturated carbocycles. The Labute approximate surface area is 86.9 Å². The van der Waals surface area contributed by atoms with Crippen molar-refractivity contribution in [2.45, 2.75) is 38.6 Å². The Morgan fingerprint density at radius 1 is 1.43 bits per heavy atom. The average molecular weight is 195 g/mol. The molecule has 1 heterocycles. The maximum atomic E-state index is 5.25. The van der Waals surface area contributed by atoms with E-state index < -0.39 is 0 Å². The molecule has 14 heavy (non-hydrogen) atoms. The van der Waals surface area contributed by atoms with Crippen molar-refractivity contribution >= 4 is 0 Å². The van der Waals surface area contributed by atoms with Gasteiger partial charge in [0, 0.05) is 6.54 Å². The Hall–Kier alpha value is -0.340. The van der Waals surface area contributed by atoms with Gasteiger partial charge in [-0.1, -0.05) is 18.6 Å². The van der Waals surface area contributed by atoms with Gasteiger partial charge in [-0.25, -0.2) is 0 Å². The topological polar surface area (TPSA) is 12.5 Å². The average Bonchev–Trinajstić information content (AvgIpc) is 1.98. The zero-order chi connectivity index (χ0) is 9.80. The van der Waals surface area contributed by atoms with Crippen molar-refractivity contribution in [2.24, 2.45) is 0 Å². The van der Waals surface area contributed by atoms with E-state index in [0.717, 1.165) is 19.3 Å². The van der Waals surface area contributed by atoms with Crippen molar-refractivity contribution in [2.75, 3.05) is 26.3 Å². The predicted molar refractivity (Wildman–Crippen MR) is 58.4 cm³/mol. The molecule has 2 aliphatic rings. The van der Waals surface area contributed by atoms with Crippen molar-refractivity contribution < 1.29 is 4.74 Å². The van der Waals surface area contributed by atoms with E-state index in [1.54, 1.807) is 5.57 Å². The molecule has 1 fully saturated rings. The van der Waals surface area contributed by atoms with Gasteiger partial charge < -0.3 is 4.74 Å². The van der Waals surface area contributed by atoms with Crippen LogP contribution >= 0.6 is 0 Å². The third kappa shape index (κ3) is 2.37. The maximum Gasteiger partial charge on any atom is 0.0645 e. The smallest absolute Gasteiger partial charge is 0.0645 e. The molecule has 0 amide bonds. The van der Waals surface area contributed by atoms with Crippen LogP contribution < -0.4 is 0 Å². The summed E-state index contributed by atoms with van der Waals surface area (Å²) >= 11 is 0. The second-order valence-corrected chi connectivity index (χ2v) is 4.38. The van der Waals surface area contributed by atoms with Gasteiger partial charge in [0.05, 0.1) is 19.3 Å². The lowest BCUT2D eigenvalue weighted by Crippen LogP contribution is -2.49. The number of ether oxygens (including phenoxy) is 1. The molecule has 0 unspecified atom stereocenters. The molecule has 0 atom stereocenters. The fourth-order valence-electron chi connectivity index (χ4n) is 2.06. The molecule has 0 aromatic rings. The first-order valence-electron chi connectivity index (χ1n) is 5.90. The Kier molecular flexibility index (Phi) is 3.60. The Bertz CT molecular complexity index is 208. The molecule has 2 heteroatoms. The van der Waals surface area contributed by atoms with Crippen LogP contribution in [-0.2, 0) is 4.74 Å². The lowest BCUT2D eigenvalue weighted by molar-refractivity contribution is -0.0644. The Morgan fingerprint density at radius 2 is 2.21 bits per heavy atom. The zero-order valence-corrected chi connectivity index (χ0v) is 9.17. The van der Waals surface area contributed by atoms with E-state index in [2.05, 4.69) is 17.9 Å². The molecule has 1 aliphatic carbocycles. The van der Waals surface area contributed by atoms with E-state index in [-0.39, 0.29) is 0 Å². The molecule has 80 valence electrons. The lowest BCUT2D eigenvalue weighted by Gasteiger charge is -2.37. The monoisotopic (exact) mass is 195 g/mol. The summed E-state index contributed by atoms with van der Waals surface area (Å²) in [5.41, 5.74) is 1.67. The van der Waals surface area contributed by atoms with Gasteiger partial charge in [-0.2, -0.15) is 0 Å². The maximum absolute atomic E-state index is 5.25. The van der Waals surface area contributed by atoms with Gasteiger partial charge in [-0.05, 0) is 32.2 Å². The minimum atomic E-state index is 0.718. The van der Waals surface area contributed by atoms with Gasteiger partial charge in [0.15, 0.2) is 0 Å². The first-order chi connectivity index (χ1) is 6.90. The van der Waals surface area contributed by atoms with Crippen LogP contribution in [-0.4, -0.2) is 37.2 Å². The van der Waals surface area contributed by atoms with Gasteiger partial charge in [0.1, 0.15) is 0 Å². The first kappa shape index (κ1) is 10.2. The van der Waals surface area contributed by atoms with Crippen LogP contribution in [0.3, 0.4) is 0 Å². The van der Waals surface area contributed by atoms with Gasteiger partial charge in [0.2, 0.25) is 0 Å². The van der Waals surface area contributed by atoms with Gasteiger partial charge in [0.25, 0.3) is 0 Å². The van der Waals surface area contributed by atoms with E-state index >= 15 is 0 Å². The SMILES string of the molecule is CCCN(CCC1=CCC1)C1COC1. The minimum absolute atomic E-state index is 0.718. The summed E-state index contributed by atoms with van der Waals surface area (Å²) in [5, 5.41) is 0. The van der Waals surface area contributed by atoms with Crippen LogP contribution in [0.15, 0.2) is 11.6 Å². The second-order valence-electron chi connectivity index (χ2n) is 4.38. The summed E-state index contributed by atoms with van der Waals surface area (Å²) in [5.74, 6) is 0. The normalized spacial score (nSPS) is 21.7. The highest BCUT2D eigenvalue weighted by Gasteiger charge is 2.25. The van der Waals surface area contributed by atoms with E-state index in [1.165, 1.54) is 38.8 Å². The largest absolute Gasteiger partial charge is 0.378 e. The molecule has 1 aliphatic heterocycles. The molecule has 0 aromatic heterocycles. The number of rotatable bonds is 6. The fourth-order valence-corrected chi connectivity index (χ4v) is 2.06. The summed E-state index contributed by atoms with van der Waals surface area (Å²) in [6.45, 7) is 6.65. The molecule has 0 bridgehead atoms. The van der Waals surface area contributed by atoms with Crippen LogP contribution in [0.1, 0.15) is 32.6 Å². The highest BCUT2D eigenvalue weighted by molar-refractivity contribution is 5.12. The summed E-state index contributed by atoms with van der Waals surface area (Å²) < 4.78 is 5.25. The molecule has 0 N–H and O–H groups in total. The first-order valence-corrected chi connectivity index (χ1v) is 5.90. The molecular weight excluding hydrogens is 174 g/mol. The molecular formula is C12H21NO. The van der Waals surface area contributed by atoms with E-state index in [0.29, 0.717) is 0 Å². The van der Waals surface area contributed by atoms with Gasteiger partial charge in [-0.15, -0.1) is 0 Å². The zero-order valence-electron chi connectivity index (χ0n) is 9.17. The third-order valence-electron chi connectivity index (χ3n) is 3.27. The molecule has 2 rings (SSSR count). The van der Waals surface area contributed by atoms with Crippen molar-refractivity contribution in [1.29, 1.82) is 0 Å². The Morgan fingerprint density at radius 3 is 2.64 bits per heavy atom. The van der Waals surface area contributed by atoms with Crippen LogP contribution in [0, 0.1) is 0 Å². The minimum Gasteiger partial charge on any atom is -0.378 e. The highest BCUT2D eigenvalue weighted by Crippen LogP contribution is 2.22. The fraction of sp³-hybridized carbons (Fsp3) is 0.833. The van der Waals surface area contributed by atoms with E-state index in [1.807, 2.05) is 0 Å². The van der Waals surface area contributed by atoms with Crippen molar-refractivity contribution in [1.82, 2.24) is 4.90 Å².